The molecule has 3 aliphatic heterocycles. The zero-order valence-electron chi connectivity index (χ0n) is 54.1. The average Bonchev–Trinajstić information content (AvgIpc) is 1.34. The number of rotatable bonds is 25. The predicted octanol–water partition coefficient (Wildman–Crippen LogP) is 14.5. The number of aryl methyl sites for hydroxylation is 7. The van der Waals surface area contributed by atoms with Crippen molar-refractivity contribution in [3.05, 3.63) is 251 Å². The van der Waals surface area contributed by atoms with Crippen LogP contribution in [0.5, 0.6) is 0 Å². The van der Waals surface area contributed by atoms with Crippen molar-refractivity contribution in [2.24, 2.45) is 11.8 Å². The molecule has 6 aromatic carbocycles. The molecule has 0 aliphatic carbocycles. The first kappa shape index (κ1) is 67.1. The maximum absolute atomic E-state index is 14.5. The summed E-state index contributed by atoms with van der Waals surface area (Å²) in [5.74, 6) is 3.10. The molecule has 3 N–H and O–H groups in total. The molecule has 3 saturated heterocycles. The summed E-state index contributed by atoms with van der Waals surface area (Å²) in [6, 6.07) is 54.8. The Morgan fingerprint density at radius 2 is 1.03 bits per heavy atom. The Bertz CT molecular complexity index is 3690. The minimum Gasteiger partial charge on any atom is -0.317 e. The van der Waals surface area contributed by atoms with E-state index in [2.05, 4.69) is 151 Å². The summed E-state index contributed by atoms with van der Waals surface area (Å²) in [5.41, 5.74) is 12.7. The zero-order chi connectivity index (χ0) is 63.7. The maximum atomic E-state index is 14.5. The second kappa shape index (κ2) is 35.3. The molecule has 0 bridgehead atoms. The Labute approximate surface area is 544 Å². The molecule has 3 fully saturated rings. The smallest absolute Gasteiger partial charge is 0.167 e. The van der Waals surface area contributed by atoms with Gasteiger partial charge < -0.3 is 16.0 Å². The Kier molecular flexibility index (Phi) is 25.7. The Balaban J connectivity index is 0.000000151. The van der Waals surface area contributed by atoms with Crippen molar-refractivity contribution in [1.29, 1.82) is 0 Å². The summed E-state index contributed by atoms with van der Waals surface area (Å²) >= 11 is 0. The number of piperidine rings is 1. The van der Waals surface area contributed by atoms with Gasteiger partial charge in [-0.05, 0) is 184 Å². The van der Waals surface area contributed by atoms with E-state index < -0.39 is 0 Å². The summed E-state index contributed by atoms with van der Waals surface area (Å²) in [7, 11) is 0. The minimum atomic E-state index is -0.350. The van der Waals surface area contributed by atoms with Gasteiger partial charge in [-0.15, -0.1) is 0 Å². The van der Waals surface area contributed by atoms with E-state index >= 15 is 0 Å². The molecule has 1 unspecified atom stereocenters. The largest absolute Gasteiger partial charge is 0.317 e. The summed E-state index contributed by atoms with van der Waals surface area (Å²) in [6.45, 7) is 17.4. The van der Waals surface area contributed by atoms with Crippen molar-refractivity contribution in [2.75, 3.05) is 52.4 Å². The van der Waals surface area contributed by atoms with Gasteiger partial charge in [0, 0.05) is 106 Å². The molecule has 9 aromatic rings. The van der Waals surface area contributed by atoms with Gasteiger partial charge in [-0.1, -0.05) is 130 Å². The second-order valence-corrected chi connectivity index (χ2v) is 25.2. The number of likely N-dealkylation sites (N-methyl/N-ethyl adjacent to an activating group) is 1. The number of hydrogen-bond donors (Lipinski definition) is 3. The molecule has 3 aliphatic rings. The first-order valence-electron chi connectivity index (χ1n) is 33.6. The van der Waals surface area contributed by atoms with Crippen molar-refractivity contribution in [1.82, 2.24) is 55.7 Å². The fourth-order valence-electron chi connectivity index (χ4n) is 12.7. The highest BCUT2D eigenvalue weighted by Crippen LogP contribution is 2.27. The van der Waals surface area contributed by atoms with E-state index in [9.17, 15) is 13.2 Å². The molecule has 6 heterocycles. The van der Waals surface area contributed by atoms with Gasteiger partial charge in [0.25, 0.3) is 0 Å². The topological polar surface area (TPSA) is 120 Å². The molecule has 480 valence electrons. The lowest BCUT2D eigenvalue weighted by molar-refractivity contribution is 0.117. The van der Waals surface area contributed by atoms with Crippen molar-refractivity contribution < 1.29 is 13.2 Å². The van der Waals surface area contributed by atoms with E-state index in [4.69, 9.17) is 9.97 Å². The van der Waals surface area contributed by atoms with Crippen LogP contribution in [0.15, 0.2) is 182 Å². The van der Waals surface area contributed by atoms with Crippen LogP contribution in [0.2, 0.25) is 0 Å². The van der Waals surface area contributed by atoms with Crippen molar-refractivity contribution in [3.63, 3.8) is 0 Å². The minimum absolute atomic E-state index is 0.179. The number of halogens is 3. The number of nitrogens with one attached hydrogen (secondary N) is 3. The summed E-state index contributed by atoms with van der Waals surface area (Å²) in [4.78, 5) is 32.4. The van der Waals surface area contributed by atoms with Gasteiger partial charge >= 0.3 is 0 Å². The zero-order valence-corrected chi connectivity index (χ0v) is 54.1. The normalized spacial score (nSPS) is 15.3. The van der Waals surface area contributed by atoms with Gasteiger partial charge in [0.15, 0.2) is 5.82 Å². The van der Waals surface area contributed by atoms with E-state index in [0.29, 0.717) is 29.5 Å². The maximum Gasteiger partial charge on any atom is 0.167 e. The first-order chi connectivity index (χ1) is 45.1. The molecule has 1 atom stereocenters. The third-order valence-electron chi connectivity index (χ3n) is 18.0. The van der Waals surface area contributed by atoms with E-state index in [0.717, 1.165) is 186 Å². The summed E-state index contributed by atoms with van der Waals surface area (Å²) < 4.78 is 41.2. The van der Waals surface area contributed by atoms with Crippen molar-refractivity contribution >= 4 is 0 Å². The van der Waals surface area contributed by atoms with Gasteiger partial charge in [0.1, 0.15) is 34.8 Å². The van der Waals surface area contributed by atoms with Crippen LogP contribution in [0.25, 0.3) is 33.8 Å². The molecule has 11 nitrogen and oxygen atoms in total. The third-order valence-corrected chi connectivity index (χ3v) is 18.0. The van der Waals surface area contributed by atoms with Crippen LogP contribution in [0.1, 0.15) is 110 Å². The van der Waals surface area contributed by atoms with Crippen LogP contribution in [0.3, 0.4) is 0 Å². The van der Waals surface area contributed by atoms with Gasteiger partial charge in [0.05, 0.1) is 17.6 Å². The van der Waals surface area contributed by atoms with Crippen LogP contribution in [0.4, 0.5) is 13.2 Å². The molecular formula is C78H92F3N11. The van der Waals surface area contributed by atoms with Gasteiger partial charge in [-0.2, -0.15) is 0 Å². The van der Waals surface area contributed by atoms with Crippen LogP contribution in [-0.4, -0.2) is 104 Å². The van der Waals surface area contributed by atoms with E-state index in [1.807, 2.05) is 54.9 Å². The molecule has 12 rings (SSSR count). The van der Waals surface area contributed by atoms with Crippen LogP contribution >= 0.6 is 0 Å². The van der Waals surface area contributed by atoms with Gasteiger partial charge in [-0.25, -0.2) is 43.1 Å². The van der Waals surface area contributed by atoms with Gasteiger partial charge in [0.2, 0.25) is 0 Å². The first-order valence-corrected chi connectivity index (χ1v) is 33.6. The number of aromatic nitrogens is 6. The lowest BCUT2D eigenvalue weighted by atomic mass is 9.91. The van der Waals surface area contributed by atoms with Crippen LogP contribution in [0, 0.1) is 29.3 Å². The fraction of sp³-hybridized carbons (Fsp3) is 0.385. The molecule has 0 amide bonds. The van der Waals surface area contributed by atoms with Gasteiger partial charge in [-0.3, -0.25) is 9.80 Å². The number of nitrogens with zero attached hydrogens (tertiary/aromatic N) is 8. The van der Waals surface area contributed by atoms with Crippen molar-refractivity contribution in [2.45, 2.75) is 129 Å². The van der Waals surface area contributed by atoms with E-state index in [1.54, 1.807) is 24.3 Å². The van der Waals surface area contributed by atoms with Crippen LogP contribution in [-0.2, 0) is 58.0 Å². The lowest BCUT2D eigenvalue weighted by Crippen LogP contribution is -2.56. The molecule has 0 spiro atoms. The number of benzene rings is 6. The van der Waals surface area contributed by atoms with E-state index in [-0.39, 0.29) is 17.5 Å². The highest BCUT2D eigenvalue weighted by molar-refractivity contribution is 5.62. The molecule has 14 heteroatoms. The van der Waals surface area contributed by atoms with Crippen LogP contribution < -0.4 is 16.0 Å². The molecule has 0 saturated carbocycles. The second-order valence-electron chi connectivity index (χ2n) is 25.2. The summed E-state index contributed by atoms with van der Waals surface area (Å²) in [6.07, 6.45) is 17.4. The molecule has 3 aromatic heterocycles. The lowest BCUT2D eigenvalue weighted by Gasteiger charge is -2.38. The Hall–Kier alpha value is -7.85. The average molecular weight is 1240 g/mol. The predicted molar refractivity (Wildman–Crippen MR) is 366 cm³/mol. The molecule has 0 radical (unpaired) electrons. The molecule has 92 heavy (non-hydrogen) atoms. The van der Waals surface area contributed by atoms with E-state index in [1.165, 1.54) is 59.8 Å². The van der Waals surface area contributed by atoms with Crippen molar-refractivity contribution in [3.8, 4) is 33.8 Å². The summed E-state index contributed by atoms with van der Waals surface area (Å²) in [5, 5.41) is 10.3. The standard InChI is InChI=1S/C27H33FN4.C26H30FN3.C25H29FN4/c1-20(2)26-18-29-14-15-32(26)19-22-8-3-9-23(16-22)25-12-13-30-27(31-25)11-5-7-21-6-4-10-24(28)17-21;27-24-19-29-25(11-5-8-20-6-2-1-3-7-20)30-26(24)23-10-4-9-22(18-23)13-12-21-14-16-28-17-15-21;1-2-30(23-16-27-17-23)18-20-8-3-9-21(14-20)24-12-13-28-25(29-24)11-5-7-19-6-4-10-22(26)15-19/h3-4,6,8-10,12-13,16-17,20,26,29H,5,7,11,14-15,18-19H2,1-2H3;1-4,6-7,9-10,18-19,21,28H,5,8,11-17H2;3-4,6,8-10,12-15,23,27H,2,5,7,11,16-18H2,1H3. The quantitative estimate of drug-likeness (QED) is 0.0507. The Morgan fingerprint density at radius 3 is 1.62 bits per heavy atom. The third kappa shape index (κ3) is 20.8. The SMILES string of the molecule is CC(C)C1CNCCN1Cc1cccc(-c2ccnc(CCCc3cccc(F)c3)n2)c1.CCN(Cc1cccc(-c2ccnc(CCCc3cccc(F)c3)n2)c1)C1CNC1.Fc1cnc(CCCc2ccccc2)nc1-c1cccc(CCC2CCNCC2)c1. The highest BCUT2D eigenvalue weighted by atomic mass is 19.1. The molecular weight excluding hydrogens is 1150 g/mol. The number of hydrogen-bond acceptors (Lipinski definition) is 11. The Morgan fingerprint density at radius 1 is 0.500 bits per heavy atom. The number of piperazine rings is 1. The highest BCUT2D eigenvalue weighted by Gasteiger charge is 2.26. The monoisotopic (exact) mass is 1240 g/mol. The fourth-order valence-corrected chi connectivity index (χ4v) is 12.7.